The summed E-state index contributed by atoms with van der Waals surface area (Å²) in [6, 6.07) is -1.05. The van der Waals surface area contributed by atoms with E-state index in [9.17, 15) is 9.59 Å². The van der Waals surface area contributed by atoms with Gasteiger partial charge in [0.2, 0.25) is 0 Å². The van der Waals surface area contributed by atoms with Gasteiger partial charge in [0.15, 0.2) is 0 Å². The van der Waals surface area contributed by atoms with Crippen LogP contribution in [0.3, 0.4) is 0 Å². The Morgan fingerprint density at radius 3 is 2.43 bits per heavy atom. The van der Waals surface area contributed by atoms with E-state index in [0.717, 1.165) is 0 Å². The predicted molar refractivity (Wildman–Crippen MR) is 52.1 cm³/mol. The van der Waals surface area contributed by atoms with Crippen molar-refractivity contribution in [1.29, 1.82) is 0 Å². The van der Waals surface area contributed by atoms with Gasteiger partial charge in [0.1, 0.15) is 6.04 Å². The minimum absolute atomic E-state index is 0.0893. The van der Waals surface area contributed by atoms with Crippen LogP contribution in [0.15, 0.2) is 0 Å². The average Bonchev–Trinajstić information content (AvgIpc) is 2.78. The highest BCUT2D eigenvalue weighted by Gasteiger charge is 2.58. The second kappa shape index (κ2) is 4.18. The van der Waals surface area contributed by atoms with Crippen molar-refractivity contribution in [2.24, 2.45) is 23.5 Å². The van der Waals surface area contributed by atoms with Crippen LogP contribution in [0.5, 0.6) is 0 Å². The topological polar surface area (TPSA) is 101 Å². The van der Waals surface area contributed by atoms with Gasteiger partial charge in [-0.3, -0.25) is 9.59 Å². The highest BCUT2D eigenvalue weighted by atomic mass is 32.2. The first kappa shape index (κ1) is 11.3. The lowest BCUT2D eigenvalue weighted by Gasteiger charge is -2.03. The van der Waals surface area contributed by atoms with Crippen LogP contribution < -0.4 is 5.73 Å². The lowest BCUT2D eigenvalue weighted by molar-refractivity contribution is -0.140. The molecular formula is C8H13NO4S. The van der Waals surface area contributed by atoms with Crippen molar-refractivity contribution >= 4 is 23.7 Å². The minimum Gasteiger partial charge on any atom is -0.481 e. The summed E-state index contributed by atoms with van der Waals surface area (Å²) in [5.74, 6) is -2.47. The summed E-state index contributed by atoms with van der Waals surface area (Å²) in [5, 5.41) is 17.4. The normalized spacial score (nSPS) is 32.3. The number of carboxylic acids is 2. The molecule has 14 heavy (non-hydrogen) atoms. The van der Waals surface area contributed by atoms with Gasteiger partial charge < -0.3 is 15.9 Å². The molecule has 1 rings (SSSR count). The Hall–Kier alpha value is -0.750. The molecule has 0 aliphatic heterocycles. The summed E-state index contributed by atoms with van der Waals surface area (Å²) in [7, 11) is 0. The first-order chi connectivity index (χ1) is 6.50. The van der Waals surface area contributed by atoms with Crippen LogP contribution >= 0.6 is 11.8 Å². The van der Waals surface area contributed by atoms with Crippen molar-refractivity contribution in [3.8, 4) is 0 Å². The first-order valence-electron chi connectivity index (χ1n) is 4.20. The van der Waals surface area contributed by atoms with Crippen molar-refractivity contribution in [2.75, 3.05) is 12.0 Å². The molecule has 80 valence electrons. The van der Waals surface area contributed by atoms with E-state index in [1.165, 1.54) is 11.8 Å². The van der Waals surface area contributed by atoms with Crippen LogP contribution in [0.2, 0.25) is 0 Å². The van der Waals surface area contributed by atoms with Crippen molar-refractivity contribution in [3.63, 3.8) is 0 Å². The zero-order valence-corrected chi connectivity index (χ0v) is 8.53. The maximum atomic E-state index is 10.7. The van der Waals surface area contributed by atoms with E-state index in [1.54, 1.807) is 0 Å². The largest absolute Gasteiger partial charge is 0.481 e. The van der Waals surface area contributed by atoms with Crippen LogP contribution in [-0.4, -0.2) is 40.2 Å². The van der Waals surface area contributed by atoms with Gasteiger partial charge in [-0.1, -0.05) is 0 Å². The number of hydrogen-bond acceptors (Lipinski definition) is 4. The second-order valence-electron chi connectivity index (χ2n) is 3.42. The molecule has 0 bridgehead atoms. The predicted octanol–water partition coefficient (Wildman–Crippen LogP) is -0.292. The highest BCUT2D eigenvalue weighted by molar-refractivity contribution is 7.98. The molecule has 4 atom stereocenters. The molecule has 0 radical (unpaired) electrons. The van der Waals surface area contributed by atoms with Crippen molar-refractivity contribution in [2.45, 2.75) is 6.04 Å². The maximum absolute atomic E-state index is 10.7. The molecule has 5 nitrogen and oxygen atoms in total. The van der Waals surface area contributed by atoms with Crippen LogP contribution in [0.1, 0.15) is 0 Å². The number of thioether (sulfide) groups is 1. The third-order valence-electron chi connectivity index (χ3n) is 2.57. The van der Waals surface area contributed by atoms with E-state index in [-0.39, 0.29) is 5.92 Å². The molecule has 0 heterocycles. The molecule has 0 saturated heterocycles. The molecule has 1 fully saturated rings. The second-order valence-corrected chi connectivity index (χ2v) is 4.34. The van der Waals surface area contributed by atoms with E-state index in [4.69, 9.17) is 15.9 Å². The van der Waals surface area contributed by atoms with Crippen molar-refractivity contribution < 1.29 is 19.8 Å². The monoisotopic (exact) mass is 219 g/mol. The molecule has 1 aliphatic rings. The van der Waals surface area contributed by atoms with Gasteiger partial charge in [-0.25, -0.2) is 0 Å². The van der Waals surface area contributed by atoms with Gasteiger partial charge >= 0.3 is 11.9 Å². The number of rotatable bonds is 5. The molecule has 0 aromatic rings. The fourth-order valence-corrected chi connectivity index (χ4v) is 2.62. The van der Waals surface area contributed by atoms with Gasteiger partial charge in [0.05, 0.1) is 5.92 Å². The molecule has 4 unspecified atom stereocenters. The third-order valence-corrected chi connectivity index (χ3v) is 3.29. The Balaban J connectivity index is 2.62. The number of aliphatic carboxylic acids is 2. The molecule has 0 aromatic carbocycles. The van der Waals surface area contributed by atoms with Crippen molar-refractivity contribution in [1.82, 2.24) is 0 Å². The van der Waals surface area contributed by atoms with E-state index in [1.807, 2.05) is 6.26 Å². The van der Waals surface area contributed by atoms with Gasteiger partial charge in [0.25, 0.3) is 0 Å². The van der Waals surface area contributed by atoms with E-state index in [0.29, 0.717) is 5.75 Å². The summed E-state index contributed by atoms with van der Waals surface area (Å²) in [4.78, 5) is 21.3. The minimum atomic E-state index is -1.12. The SMILES string of the molecule is CSCC1C(C(=O)O)C1C(N)C(=O)O. The summed E-state index contributed by atoms with van der Waals surface area (Å²) in [6.07, 6.45) is 1.86. The quantitative estimate of drug-likeness (QED) is 0.587. The Labute approximate surface area is 85.7 Å². The fourth-order valence-electron chi connectivity index (χ4n) is 1.81. The Bertz CT molecular complexity index is 258. The van der Waals surface area contributed by atoms with Crippen LogP contribution in [0.4, 0.5) is 0 Å². The standard InChI is InChI=1S/C8H13NO4S/c1-14-2-3-4(5(3)7(10)11)6(9)8(12)13/h3-6H,2,9H2,1H3,(H,10,11)(H,12,13). The van der Waals surface area contributed by atoms with E-state index >= 15 is 0 Å². The Morgan fingerprint density at radius 1 is 1.50 bits per heavy atom. The number of nitrogens with two attached hydrogens (primary N) is 1. The molecule has 1 saturated carbocycles. The molecule has 0 amide bonds. The number of carboxylic acid groups (broad SMARTS) is 2. The Kier molecular flexibility index (Phi) is 3.38. The highest BCUT2D eigenvalue weighted by Crippen LogP contribution is 2.49. The molecule has 4 N–H and O–H groups in total. The Morgan fingerprint density at radius 2 is 2.07 bits per heavy atom. The zero-order chi connectivity index (χ0) is 10.9. The third kappa shape index (κ3) is 2.01. The molecule has 0 aromatic heterocycles. The summed E-state index contributed by atoms with van der Waals surface area (Å²) < 4.78 is 0. The lowest BCUT2D eigenvalue weighted by atomic mass is 10.1. The fraction of sp³-hybridized carbons (Fsp3) is 0.750. The summed E-state index contributed by atoms with van der Waals surface area (Å²) in [5.41, 5.74) is 5.40. The van der Waals surface area contributed by atoms with Crippen molar-refractivity contribution in [3.05, 3.63) is 0 Å². The summed E-state index contributed by atoms with van der Waals surface area (Å²) >= 11 is 1.51. The number of carbonyl (C=O) groups is 2. The van der Waals surface area contributed by atoms with Gasteiger partial charge in [-0.05, 0) is 17.9 Å². The summed E-state index contributed by atoms with van der Waals surface area (Å²) in [6.45, 7) is 0. The van der Waals surface area contributed by atoms with Crippen LogP contribution in [0, 0.1) is 17.8 Å². The first-order valence-corrected chi connectivity index (χ1v) is 5.60. The average molecular weight is 219 g/mol. The van der Waals surface area contributed by atoms with Gasteiger partial charge in [-0.2, -0.15) is 11.8 Å². The van der Waals surface area contributed by atoms with Gasteiger partial charge in [-0.15, -0.1) is 0 Å². The van der Waals surface area contributed by atoms with E-state index in [2.05, 4.69) is 0 Å². The van der Waals surface area contributed by atoms with E-state index < -0.39 is 29.8 Å². The molecule has 1 aliphatic carbocycles. The molecular weight excluding hydrogens is 206 g/mol. The lowest BCUT2D eigenvalue weighted by Crippen LogP contribution is -2.34. The zero-order valence-electron chi connectivity index (χ0n) is 7.71. The van der Waals surface area contributed by atoms with Crippen LogP contribution in [-0.2, 0) is 9.59 Å². The van der Waals surface area contributed by atoms with Crippen LogP contribution in [0.25, 0.3) is 0 Å². The molecule has 6 heteroatoms. The smallest absolute Gasteiger partial charge is 0.320 e. The molecule has 0 spiro atoms. The maximum Gasteiger partial charge on any atom is 0.320 e. The number of hydrogen-bond donors (Lipinski definition) is 3. The van der Waals surface area contributed by atoms with Gasteiger partial charge in [0, 0.05) is 5.92 Å².